The molecule has 0 radical (unpaired) electrons. The van der Waals surface area contributed by atoms with Gasteiger partial charge in [-0.1, -0.05) is 15.9 Å². The topological polar surface area (TPSA) is 97.9 Å². The predicted molar refractivity (Wildman–Crippen MR) is 119 cm³/mol. The SMILES string of the molecule is COc1ccc(O)cc1-c1nnc(CN2CCC3(CC2)CC(=O)c2ccc(Br)cc2O3)o1. The highest BCUT2D eigenvalue weighted by Gasteiger charge is 2.43. The fourth-order valence-corrected chi connectivity index (χ4v) is 4.69. The van der Waals surface area contributed by atoms with Gasteiger partial charge in [0.2, 0.25) is 5.89 Å². The smallest absolute Gasteiger partial charge is 0.251 e. The maximum atomic E-state index is 12.7. The van der Waals surface area contributed by atoms with Gasteiger partial charge < -0.3 is 19.0 Å². The quantitative estimate of drug-likeness (QED) is 0.569. The van der Waals surface area contributed by atoms with Crippen LogP contribution in [0.2, 0.25) is 0 Å². The molecule has 0 saturated carbocycles. The Morgan fingerprint density at radius 3 is 2.75 bits per heavy atom. The van der Waals surface area contributed by atoms with E-state index in [1.54, 1.807) is 19.2 Å². The minimum atomic E-state index is -0.462. The molecule has 9 heteroatoms. The number of methoxy groups -OCH3 is 1. The molecule has 1 saturated heterocycles. The molecule has 166 valence electrons. The summed E-state index contributed by atoms with van der Waals surface area (Å²) in [6.45, 7) is 2.01. The summed E-state index contributed by atoms with van der Waals surface area (Å²) in [6, 6.07) is 10.3. The van der Waals surface area contributed by atoms with Gasteiger partial charge in [-0.3, -0.25) is 9.69 Å². The Morgan fingerprint density at radius 1 is 1.16 bits per heavy atom. The van der Waals surface area contributed by atoms with Crippen molar-refractivity contribution >= 4 is 21.7 Å². The van der Waals surface area contributed by atoms with E-state index in [0.717, 1.165) is 30.4 Å². The van der Waals surface area contributed by atoms with Crippen LogP contribution in [0.4, 0.5) is 0 Å². The van der Waals surface area contributed by atoms with E-state index in [9.17, 15) is 9.90 Å². The first-order chi connectivity index (χ1) is 15.4. The van der Waals surface area contributed by atoms with Crippen molar-refractivity contribution in [3.05, 3.63) is 52.3 Å². The van der Waals surface area contributed by atoms with E-state index >= 15 is 0 Å². The number of hydrogen-bond acceptors (Lipinski definition) is 8. The van der Waals surface area contributed by atoms with Crippen LogP contribution >= 0.6 is 15.9 Å². The molecule has 0 amide bonds. The van der Waals surface area contributed by atoms with Crippen molar-refractivity contribution in [3.8, 4) is 28.7 Å². The molecule has 2 aliphatic heterocycles. The molecule has 3 aromatic rings. The lowest BCUT2D eigenvalue weighted by Crippen LogP contribution is -2.50. The van der Waals surface area contributed by atoms with Gasteiger partial charge in [0.25, 0.3) is 5.89 Å². The van der Waals surface area contributed by atoms with Gasteiger partial charge in [-0.2, -0.15) is 0 Å². The van der Waals surface area contributed by atoms with E-state index in [0.29, 0.717) is 47.4 Å². The van der Waals surface area contributed by atoms with E-state index in [4.69, 9.17) is 13.9 Å². The van der Waals surface area contributed by atoms with Crippen molar-refractivity contribution in [2.24, 2.45) is 0 Å². The van der Waals surface area contributed by atoms with E-state index in [-0.39, 0.29) is 11.5 Å². The highest BCUT2D eigenvalue weighted by molar-refractivity contribution is 9.10. The van der Waals surface area contributed by atoms with Crippen molar-refractivity contribution in [1.82, 2.24) is 15.1 Å². The summed E-state index contributed by atoms with van der Waals surface area (Å²) in [4.78, 5) is 14.9. The number of aromatic nitrogens is 2. The zero-order valence-corrected chi connectivity index (χ0v) is 19.1. The molecule has 2 aromatic carbocycles. The predicted octanol–water partition coefficient (Wildman–Crippen LogP) is 4.21. The molecule has 0 atom stereocenters. The second-order valence-corrected chi connectivity index (χ2v) is 9.10. The average Bonchev–Trinajstić information content (AvgIpc) is 3.23. The van der Waals surface area contributed by atoms with Crippen LogP contribution in [0.1, 0.15) is 35.5 Å². The minimum Gasteiger partial charge on any atom is -0.508 e. The van der Waals surface area contributed by atoms with Gasteiger partial charge in [0, 0.05) is 30.4 Å². The van der Waals surface area contributed by atoms with Gasteiger partial charge in [-0.05, 0) is 36.4 Å². The molecule has 1 spiro atoms. The summed E-state index contributed by atoms with van der Waals surface area (Å²) >= 11 is 3.46. The number of halogens is 1. The molecule has 0 bridgehead atoms. The Labute approximate surface area is 193 Å². The second-order valence-electron chi connectivity index (χ2n) is 8.19. The number of piperidine rings is 1. The second kappa shape index (κ2) is 8.22. The van der Waals surface area contributed by atoms with Gasteiger partial charge in [0.1, 0.15) is 22.8 Å². The van der Waals surface area contributed by atoms with Crippen LogP contribution < -0.4 is 9.47 Å². The number of ether oxygens (including phenoxy) is 2. The van der Waals surface area contributed by atoms with Crippen LogP contribution in [0.5, 0.6) is 17.2 Å². The van der Waals surface area contributed by atoms with Crippen molar-refractivity contribution in [3.63, 3.8) is 0 Å². The third-order valence-corrected chi connectivity index (χ3v) is 6.55. The molecule has 5 rings (SSSR count). The van der Waals surface area contributed by atoms with E-state index in [1.165, 1.54) is 6.07 Å². The fraction of sp³-hybridized carbons (Fsp3) is 0.348. The first-order valence-corrected chi connectivity index (χ1v) is 11.2. The third-order valence-electron chi connectivity index (χ3n) is 6.06. The third kappa shape index (κ3) is 3.98. The fourth-order valence-electron chi connectivity index (χ4n) is 4.35. The van der Waals surface area contributed by atoms with Gasteiger partial charge in [-0.15, -0.1) is 10.2 Å². The molecule has 3 heterocycles. The maximum absolute atomic E-state index is 12.7. The summed E-state index contributed by atoms with van der Waals surface area (Å²) in [7, 11) is 1.55. The van der Waals surface area contributed by atoms with Crippen LogP contribution in [0.15, 0.2) is 45.3 Å². The first-order valence-electron chi connectivity index (χ1n) is 10.4. The lowest BCUT2D eigenvalue weighted by molar-refractivity contribution is -0.0123. The van der Waals surface area contributed by atoms with Crippen molar-refractivity contribution in [2.75, 3.05) is 20.2 Å². The number of ketones is 1. The molecule has 8 nitrogen and oxygen atoms in total. The maximum Gasteiger partial charge on any atom is 0.251 e. The highest BCUT2D eigenvalue weighted by atomic mass is 79.9. The normalized spacial score (nSPS) is 17.8. The first kappa shape index (κ1) is 21.0. The molecule has 0 unspecified atom stereocenters. The molecule has 32 heavy (non-hydrogen) atoms. The Balaban J connectivity index is 1.26. The number of likely N-dealkylation sites (tertiary alicyclic amines) is 1. The van der Waals surface area contributed by atoms with Crippen molar-refractivity contribution in [1.29, 1.82) is 0 Å². The molecule has 1 aromatic heterocycles. The Hall–Kier alpha value is -2.91. The summed E-state index contributed by atoms with van der Waals surface area (Å²) in [5.41, 5.74) is 0.737. The zero-order valence-electron chi connectivity index (χ0n) is 17.5. The van der Waals surface area contributed by atoms with E-state index in [2.05, 4.69) is 31.0 Å². The lowest BCUT2D eigenvalue weighted by Gasteiger charge is -2.43. The van der Waals surface area contributed by atoms with Crippen LogP contribution in [-0.4, -0.2) is 51.8 Å². The molecule has 1 N–H and O–H groups in total. The summed E-state index contributed by atoms with van der Waals surface area (Å²) in [5, 5.41) is 18.1. The summed E-state index contributed by atoms with van der Waals surface area (Å²) in [5.74, 6) is 2.21. The number of benzene rings is 2. The molecular weight excluding hydrogens is 478 g/mol. The van der Waals surface area contributed by atoms with Gasteiger partial charge in [0.05, 0.1) is 31.2 Å². The molecule has 2 aliphatic rings. The van der Waals surface area contributed by atoms with Crippen LogP contribution in [0, 0.1) is 0 Å². The number of rotatable bonds is 4. The van der Waals surface area contributed by atoms with E-state index in [1.807, 2.05) is 18.2 Å². The highest BCUT2D eigenvalue weighted by Crippen LogP contribution is 2.40. The standard InChI is InChI=1S/C23H22BrN3O5/c1-30-19-5-3-15(28)11-17(19)22-26-25-21(31-22)13-27-8-6-23(7-9-27)12-18(29)16-4-2-14(24)10-20(16)32-23/h2-5,10-11,28H,6-9,12-13H2,1H3. The van der Waals surface area contributed by atoms with Crippen molar-refractivity contribution in [2.45, 2.75) is 31.4 Å². The van der Waals surface area contributed by atoms with Crippen LogP contribution in [-0.2, 0) is 6.54 Å². The molecular formula is C23H22BrN3O5. The van der Waals surface area contributed by atoms with Crippen LogP contribution in [0.25, 0.3) is 11.5 Å². The number of aromatic hydroxyl groups is 1. The number of Topliss-reactive ketones (excluding diaryl/α,β-unsaturated/α-hetero) is 1. The molecule has 0 aliphatic carbocycles. The lowest BCUT2D eigenvalue weighted by atomic mass is 9.82. The van der Waals surface area contributed by atoms with Gasteiger partial charge in [-0.25, -0.2) is 0 Å². The minimum absolute atomic E-state index is 0.0949. The van der Waals surface area contributed by atoms with E-state index < -0.39 is 5.60 Å². The van der Waals surface area contributed by atoms with Gasteiger partial charge in [0.15, 0.2) is 5.78 Å². The number of carbonyl (C=O) groups excluding carboxylic acids is 1. The average molecular weight is 500 g/mol. The zero-order chi connectivity index (χ0) is 22.3. The largest absolute Gasteiger partial charge is 0.508 e. The van der Waals surface area contributed by atoms with Gasteiger partial charge >= 0.3 is 0 Å². The summed E-state index contributed by atoms with van der Waals surface area (Å²) in [6.07, 6.45) is 1.88. The molecule has 1 fully saturated rings. The Kier molecular flexibility index (Phi) is 5.38. The van der Waals surface area contributed by atoms with Crippen molar-refractivity contribution < 1.29 is 23.8 Å². The number of carbonyl (C=O) groups is 1. The number of fused-ring (bicyclic) bond motifs is 1. The number of nitrogens with zero attached hydrogens (tertiary/aromatic N) is 3. The number of phenols is 1. The Bertz CT molecular complexity index is 1170. The monoisotopic (exact) mass is 499 g/mol. The van der Waals surface area contributed by atoms with Crippen LogP contribution in [0.3, 0.4) is 0 Å². The Morgan fingerprint density at radius 2 is 1.97 bits per heavy atom. The number of hydrogen-bond donors (Lipinski definition) is 1. The summed E-state index contributed by atoms with van der Waals surface area (Å²) < 4.78 is 18.4. The number of phenolic OH excluding ortho intramolecular Hbond substituents is 1.